The van der Waals surface area contributed by atoms with E-state index >= 15 is 0 Å². The third-order valence-electron chi connectivity index (χ3n) is 4.25. The Bertz CT molecular complexity index is 489. The second-order valence-corrected chi connectivity index (χ2v) is 5.11. The molecule has 0 heterocycles. The van der Waals surface area contributed by atoms with Gasteiger partial charge in [-0.1, -0.05) is 24.3 Å². The zero-order chi connectivity index (χ0) is 12.7. The first-order chi connectivity index (χ1) is 8.70. The fourth-order valence-corrected chi connectivity index (χ4v) is 3.44. The predicted octanol–water partition coefficient (Wildman–Crippen LogP) is 2.69. The average Bonchev–Trinajstić information content (AvgIpc) is 2.99. The lowest BCUT2D eigenvalue weighted by molar-refractivity contribution is -0.143. The monoisotopic (exact) mass is 244 g/mol. The van der Waals surface area contributed by atoms with Crippen molar-refractivity contribution < 1.29 is 14.6 Å². The first kappa shape index (κ1) is 11.3. The van der Waals surface area contributed by atoms with E-state index in [1.807, 2.05) is 24.3 Å². The van der Waals surface area contributed by atoms with Crippen LogP contribution in [0.2, 0.25) is 0 Å². The number of methoxy groups -OCH3 is 1. The standard InChI is InChI=1S/C15H16O3/c1-18-12-6-4-9(5-7-12)13-10-2-3-11(8-10)14(13)15(16)17/h2-7,10-11,13-14H,8H2,1H3,(H,16,17)/t10-,11-,13-,14-/m0/s1. The quantitative estimate of drug-likeness (QED) is 0.831. The number of hydrogen-bond donors (Lipinski definition) is 1. The fraction of sp³-hybridized carbons (Fsp3) is 0.400. The minimum Gasteiger partial charge on any atom is -0.497 e. The minimum atomic E-state index is -0.673. The van der Waals surface area contributed by atoms with Gasteiger partial charge >= 0.3 is 5.97 Å². The molecule has 3 nitrogen and oxygen atoms in total. The smallest absolute Gasteiger partial charge is 0.307 e. The Balaban J connectivity index is 1.94. The molecule has 2 bridgehead atoms. The summed E-state index contributed by atoms with van der Waals surface area (Å²) in [6.45, 7) is 0. The van der Waals surface area contributed by atoms with Crippen molar-refractivity contribution in [3.63, 3.8) is 0 Å². The Morgan fingerprint density at radius 3 is 2.50 bits per heavy atom. The molecule has 0 aliphatic heterocycles. The van der Waals surface area contributed by atoms with E-state index in [4.69, 9.17) is 4.74 Å². The summed E-state index contributed by atoms with van der Waals surface area (Å²) in [7, 11) is 1.63. The number of carboxylic acid groups (broad SMARTS) is 1. The van der Waals surface area contributed by atoms with E-state index in [1.165, 1.54) is 0 Å². The number of allylic oxidation sites excluding steroid dienone is 2. The predicted molar refractivity (Wildman–Crippen MR) is 67.6 cm³/mol. The highest BCUT2D eigenvalue weighted by molar-refractivity contribution is 5.73. The van der Waals surface area contributed by atoms with Crippen molar-refractivity contribution in [2.24, 2.45) is 17.8 Å². The molecule has 2 aliphatic carbocycles. The summed E-state index contributed by atoms with van der Waals surface area (Å²) in [5, 5.41) is 9.41. The van der Waals surface area contributed by atoms with E-state index in [2.05, 4.69) is 12.2 Å². The fourth-order valence-electron chi connectivity index (χ4n) is 3.44. The van der Waals surface area contributed by atoms with Crippen LogP contribution in [0.3, 0.4) is 0 Å². The molecule has 0 spiro atoms. The van der Waals surface area contributed by atoms with Crippen molar-refractivity contribution in [1.82, 2.24) is 0 Å². The van der Waals surface area contributed by atoms with E-state index in [0.29, 0.717) is 5.92 Å². The van der Waals surface area contributed by atoms with Gasteiger partial charge in [-0.3, -0.25) is 4.79 Å². The molecule has 0 radical (unpaired) electrons. The molecular weight excluding hydrogens is 228 g/mol. The second kappa shape index (κ2) is 4.16. The van der Waals surface area contributed by atoms with E-state index in [0.717, 1.165) is 17.7 Å². The molecule has 1 N–H and O–H groups in total. The molecule has 18 heavy (non-hydrogen) atoms. The number of fused-ring (bicyclic) bond motifs is 2. The highest BCUT2D eigenvalue weighted by Crippen LogP contribution is 2.53. The Hall–Kier alpha value is -1.77. The lowest BCUT2D eigenvalue weighted by Crippen LogP contribution is -2.25. The Morgan fingerprint density at radius 1 is 1.22 bits per heavy atom. The SMILES string of the molecule is COc1ccc([C@@H]2[C@@H](C(=O)O)[C@H]3C=C[C@H]2C3)cc1. The van der Waals surface area contributed by atoms with E-state index in [-0.39, 0.29) is 17.8 Å². The van der Waals surface area contributed by atoms with Gasteiger partial charge in [0, 0.05) is 5.92 Å². The molecule has 3 rings (SSSR count). The van der Waals surface area contributed by atoms with Gasteiger partial charge in [-0.05, 0) is 36.0 Å². The number of benzene rings is 1. The number of ether oxygens (including phenoxy) is 1. The van der Waals surface area contributed by atoms with Crippen LogP contribution < -0.4 is 4.74 Å². The van der Waals surface area contributed by atoms with E-state index in [1.54, 1.807) is 7.11 Å². The molecule has 2 aliphatic rings. The van der Waals surface area contributed by atoms with Crippen LogP contribution in [0.25, 0.3) is 0 Å². The Morgan fingerprint density at radius 2 is 1.89 bits per heavy atom. The molecule has 0 amide bonds. The number of hydrogen-bond acceptors (Lipinski definition) is 2. The van der Waals surface area contributed by atoms with Gasteiger partial charge in [0.15, 0.2) is 0 Å². The van der Waals surface area contributed by atoms with E-state index in [9.17, 15) is 9.90 Å². The molecule has 0 aromatic heterocycles. The van der Waals surface area contributed by atoms with Crippen molar-refractivity contribution in [3.8, 4) is 5.75 Å². The molecule has 1 aromatic rings. The van der Waals surface area contributed by atoms with Crippen molar-refractivity contribution in [2.75, 3.05) is 7.11 Å². The topological polar surface area (TPSA) is 46.5 Å². The molecule has 1 saturated carbocycles. The largest absolute Gasteiger partial charge is 0.497 e. The van der Waals surface area contributed by atoms with Crippen LogP contribution in [-0.4, -0.2) is 18.2 Å². The maximum Gasteiger partial charge on any atom is 0.307 e. The molecule has 3 heteroatoms. The van der Waals surface area contributed by atoms with Crippen molar-refractivity contribution in [3.05, 3.63) is 42.0 Å². The molecule has 0 unspecified atom stereocenters. The Kier molecular flexibility index (Phi) is 2.62. The molecule has 1 aromatic carbocycles. The highest BCUT2D eigenvalue weighted by Gasteiger charge is 2.48. The van der Waals surface area contributed by atoms with Crippen LogP contribution in [0, 0.1) is 17.8 Å². The number of aliphatic carboxylic acids is 1. The lowest BCUT2D eigenvalue weighted by atomic mass is 9.78. The summed E-state index contributed by atoms with van der Waals surface area (Å²) in [5.41, 5.74) is 1.11. The van der Waals surface area contributed by atoms with Gasteiger partial charge in [0.25, 0.3) is 0 Å². The molecule has 0 saturated heterocycles. The van der Waals surface area contributed by atoms with E-state index < -0.39 is 5.97 Å². The summed E-state index contributed by atoms with van der Waals surface area (Å²) < 4.78 is 5.14. The van der Waals surface area contributed by atoms with Crippen LogP contribution >= 0.6 is 0 Å². The van der Waals surface area contributed by atoms with Crippen molar-refractivity contribution in [1.29, 1.82) is 0 Å². The number of carbonyl (C=O) groups is 1. The van der Waals surface area contributed by atoms with Gasteiger partial charge in [-0.15, -0.1) is 0 Å². The van der Waals surface area contributed by atoms with Gasteiger partial charge < -0.3 is 9.84 Å². The summed E-state index contributed by atoms with van der Waals surface area (Å²) in [5.74, 6) is 0.567. The zero-order valence-corrected chi connectivity index (χ0v) is 10.2. The average molecular weight is 244 g/mol. The maximum atomic E-state index is 11.4. The van der Waals surface area contributed by atoms with Gasteiger partial charge in [-0.2, -0.15) is 0 Å². The lowest BCUT2D eigenvalue weighted by Gasteiger charge is -2.25. The molecule has 94 valence electrons. The number of carboxylic acids is 1. The van der Waals surface area contributed by atoms with Crippen molar-refractivity contribution >= 4 is 5.97 Å². The molecular formula is C15H16O3. The van der Waals surface area contributed by atoms with Gasteiger partial charge in [0.2, 0.25) is 0 Å². The highest BCUT2D eigenvalue weighted by atomic mass is 16.5. The number of rotatable bonds is 3. The summed E-state index contributed by atoms with van der Waals surface area (Å²) in [6, 6.07) is 7.80. The normalized spacial score (nSPS) is 32.7. The summed E-state index contributed by atoms with van der Waals surface area (Å²) in [6.07, 6.45) is 5.23. The van der Waals surface area contributed by atoms with Gasteiger partial charge in [0.05, 0.1) is 13.0 Å². The molecule has 4 atom stereocenters. The molecule has 1 fully saturated rings. The van der Waals surface area contributed by atoms with Crippen LogP contribution in [0.4, 0.5) is 0 Å². The summed E-state index contributed by atoms with van der Waals surface area (Å²) in [4.78, 5) is 11.4. The van der Waals surface area contributed by atoms with Gasteiger partial charge in [-0.25, -0.2) is 0 Å². The second-order valence-electron chi connectivity index (χ2n) is 5.11. The van der Waals surface area contributed by atoms with Crippen LogP contribution in [0.1, 0.15) is 17.9 Å². The third kappa shape index (κ3) is 1.62. The van der Waals surface area contributed by atoms with Crippen LogP contribution in [-0.2, 0) is 4.79 Å². The van der Waals surface area contributed by atoms with Crippen LogP contribution in [0.15, 0.2) is 36.4 Å². The first-order valence-electron chi connectivity index (χ1n) is 6.26. The van der Waals surface area contributed by atoms with Crippen molar-refractivity contribution in [2.45, 2.75) is 12.3 Å². The van der Waals surface area contributed by atoms with Crippen LogP contribution in [0.5, 0.6) is 5.75 Å². The van der Waals surface area contributed by atoms with Gasteiger partial charge in [0.1, 0.15) is 5.75 Å². The zero-order valence-electron chi connectivity index (χ0n) is 10.2. The first-order valence-corrected chi connectivity index (χ1v) is 6.26. The Labute approximate surface area is 106 Å². The summed E-state index contributed by atoms with van der Waals surface area (Å²) >= 11 is 0. The minimum absolute atomic E-state index is 0.114. The maximum absolute atomic E-state index is 11.4. The third-order valence-corrected chi connectivity index (χ3v) is 4.25.